The lowest BCUT2D eigenvalue weighted by molar-refractivity contribution is -0.125. The van der Waals surface area contributed by atoms with Gasteiger partial charge in [0.2, 0.25) is 0 Å². The molecule has 2 aliphatic rings. The number of hydrogen-bond acceptors (Lipinski definition) is 4. The van der Waals surface area contributed by atoms with Crippen LogP contribution in [0, 0.1) is 5.82 Å². The number of rotatable bonds is 5. The van der Waals surface area contributed by atoms with Crippen molar-refractivity contribution in [2.45, 2.75) is 32.3 Å². The minimum atomic E-state index is -0.580. The molecule has 0 aliphatic carbocycles. The minimum Gasteiger partial charge on any atom is -0.479 e. The van der Waals surface area contributed by atoms with E-state index in [4.69, 9.17) is 4.74 Å². The second kappa shape index (κ2) is 8.83. The Labute approximate surface area is 175 Å². The Balaban J connectivity index is 1.54. The normalized spacial score (nSPS) is 19.2. The van der Waals surface area contributed by atoms with Crippen LogP contribution in [0.2, 0.25) is 0 Å². The summed E-state index contributed by atoms with van der Waals surface area (Å²) in [5, 5.41) is 2.72. The van der Waals surface area contributed by atoms with Gasteiger partial charge in [0.15, 0.2) is 6.10 Å². The second-order valence-corrected chi connectivity index (χ2v) is 7.77. The Morgan fingerprint density at radius 2 is 1.90 bits per heavy atom. The number of benzene rings is 2. The van der Waals surface area contributed by atoms with Crippen LogP contribution < -0.4 is 15.0 Å². The molecule has 2 aromatic carbocycles. The Morgan fingerprint density at radius 3 is 2.67 bits per heavy atom. The van der Waals surface area contributed by atoms with Crippen molar-refractivity contribution in [3.05, 3.63) is 53.8 Å². The summed E-state index contributed by atoms with van der Waals surface area (Å²) in [5.74, 6) is -0.616. The lowest BCUT2D eigenvalue weighted by Crippen LogP contribution is -2.48. The molecule has 1 unspecified atom stereocenters. The van der Waals surface area contributed by atoms with Gasteiger partial charge in [-0.1, -0.05) is 18.6 Å². The molecule has 2 heterocycles. The van der Waals surface area contributed by atoms with Crippen LogP contribution in [-0.4, -0.2) is 49.0 Å². The zero-order chi connectivity index (χ0) is 21.1. The van der Waals surface area contributed by atoms with E-state index in [1.165, 1.54) is 37.5 Å². The predicted octanol–water partition coefficient (Wildman–Crippen LogP) is 3.68. The molecule has 2 amide bonds. The third-order valence-corrected chi connectivity index (χ3v) is 5.63. The highest BCUT2D eigenvalue weighted by molar-refractivity contribution is 6.05. The smallest absolute Gasteiger partial charge is 0.267 e. The van der Waals surface area contributed by atoms with Crippen LogP contribution in [0.25, 0.3) is 0 Å². The number of halogens is 1. The molecule has 1 atom stereocenters. The summed E-state index contributed by atoms with van der Waals surface area (Å²) in [6.45, 7) is 5.21. The highest BCUT2D eigenvalue weighted by atomic mass is 19.1. The molecule has 1 saturated heterocycles. The zero-order valence-electron chi connectivity index (χ0n) is 17.1. The first-order chi connectivity index (χ1) is 14.5. The maximum atomic E-state index is 13.9. The van der Waals surface area contributed by atoms with E-state index < -0.39 is 17.8 Å². The van der Waals surface area contributed by atoms with E-state index in [9.17, 15) is 14.0 Å². The summed E-state index contributed by atoms with van der Waals surface area (Å²) in [7, 11) is 0. The molecule has 158 valence electrons. The van der Waals surface area contributed by atoms with Crippen molar-refractivity contribution in [3.63, 3.8) is 0 Å². The third-order valence-electron chi connectivity index (χ3n) is 5.63. The molecule has 2 aliphatic heterocycles. The van der Waals surface area contributed by atoms with Gasteiger partial charge >= 0.3 is 0 Å². The SMILES string of the molecule is CC1Oc2ccc(NC(=O)c3ccccc3F)cc2N(CCN2CCCCC2)C1=O. The van der Waals surface area contributed by atoms with Gasteiger partial charge in [0, 0.05) is 18.8 Å². The molecule has 1 fully saturated rings. The van der Waals surface area contributed by atoms with Crippen LogP contribution in [0.15, 0.2) is 42.5 Å². The summed E-state index contributed by atoms with van der Waals surface area (Å²) in [6, 6.07) is 11.0. The van der Waals surface area contributed by atoms with Gasteiger partial charge < -0.3 is 19.9 Å². The number of nitrogens with one attached hydrogen (secondary N) is 1. The van der Waals surface area contributed by atoms with E-state index >= 15 is 0 Å². The minimum absolute atomic E-state index is 0.0295. The van der Waals surface area contributed by atoms with Gasteiger partial charge in [-0.2, -0.15) is 0 Å². The number of nitrogens with zero attached hydrogens (tertiary/aromatic N) is 2. The Bertz CT molecular complexity index is 943. The van der Waals surface area contributed by atoms with E-state index in [-0.39, 0.29) is 11.5 Å². The predicted molar refractivity (Wildman–Crippen MR) is 114 cm³/mol. The number of carbonyl (C=O) groups is 2. The number of piperidine rings is 1. The van der Waals surface area contributed by atoms with Crippen LogP contribution in [-0.2, 0) is 4.79 Å². The summed E-state index contributed by atoms with van der Waals surface area (Å²) in [4.78, 5) is 29.4. The van der Waals surface area contributed by atoms with E-state index in [0.717, 1.165) is 19.6 Å². The number of ether oxygens (including phenoxy) is 1. The van der Waals surface area contributed by atoms with Gasteiger partial charge in [-0.15, -0.1) is 0 Å². The maximum Gasteiger partial charge on any atom is 0.267 e. The Morgan fingerprint density at radius 1 is 1.13 bits per heavy atom. The van der Waals surface area contributed by atoms with Crippen LogP contribution in [0.5, 0.6) is 5.75 Å². The first kappa shape index (κ1) is 20.3. The number of anilines is 2. The molecule has 1 N–H and O–H groups in total. The van der Waals surface area contributed by atoms with Crippen molar-refractivity contribution >= 4 is 23.2 Å². The summed E-state index contributed by atoms with van der Waals surface area (Å²) in [5.41, 5.74) is 1.08. The monoisotopic (exact) mass is 411 g/mol. The maximum absolute atomic E-state index is 13.9. The van der Waals surface area contributed by atoms with Crippen molar-refractivity contribution in [1.29, 1.82) is 0 Å². The molecular weight excluding hydrogens is 385 g/mol. The first-order valence-electron chi connectivity index (χ1n) is 10.4. The van der Waals surface area contributed by atoms with E-state index in [1.54, 1.807) is 36.1 Å². The summed E-state index contributed by atoms with van der Waals surface area (Å²) >= 11 is 0. The molecule has 4 rings (SSSR count). The number of hydrogen-bond donors (Lipinski definition) is 1. The highest BCUT2D eigenvalue weighted by Gasteiger charge is 2.32. The fourth-order valence-electron chi connectivity index (χ4n) is 3.98. The standard InChI is InChI=1S/C23H26FN3O3/c1-16-23(29)27(14-13-26-11-5-2-6-12-26)20-15-17(9-10-21(20)30-16)25-22(28)18-7-3-4-8-19(18)24/h3-4,7-10,15-16H,2,5-6,11-14H2,1H3,(H,25,28). The van der Waals surface area contributed by atoms with Gasteiger partial charge in [0.05, 0.1) is 11.3 Å². The largest absolute Gasteiger partial charge is 0.479 e. The van der Waals surface area contributed by atoms with Crippen molar-refractivity contribution in [2.24, 2.45) is 0 Å². The van der Waals surface area contributed by atoms with E-state index in [1.807, 2.05) is 0 Å². The van der Waals surface area contributed by atoms with Crippen molar-refractivity contribution in [1.82, 2.24) is 4.90 Å². The summed E-state index contributed by atoms with van der Waals surface area (Å²) < 4.78 is 19.7. The number of fused-ring (bicyclic) bond motifs is 1. The van der Waals surface area contributed by atoms with Gasteiger partial charge in [0.1, 0.15) is 11.6 Å². The van der Waals surface area contributed by atoms with Gasteiger partial charge in [-0.3, -0.25) is 9.59 Å². The van der Waals surface area contributed by atoms with E-state index in [0.29, 0.717) is 23.7 Å². The molecule has 6 nitrogen and oxygen atoms in total. The average Bonchev–Trinajstić information content (AvgIpc) is 2.75. The fraction of sp³-hybridized carbons (Fsp3) is 0.391. The zero-order valence-corrected chi connectivity index (χ0v) is 17.1. The van der Waals surface area contributed by atoms with Crippen molar-refractivity contribution < 1.29 is 18.7 Å². The molecule has 0 saturated carbocycles. The lowest BCUT2D eigenvalue weighted by atomic mass is 10.1. The quantitative estimate of drug-likeness (QED) is 0.815. The van der Waals surface area contributed by atoms with Crippen LogP contribution in [0.1, 0.15) is 36.5 Å². The molecular formula is C23H26FN3O3. The van der Waals surface area contributed by atoms with Gasteiger partial charge in [-0.25, -0.2) is 4.39 Å². The number of carbonyl (C=O) groups excluding carboxylic acids is 2. The lowest BCUT2D eigenvalue weighted by Gasteiger charge is -2.35. The topological polar surface area (TPSA) is 61.9 Å². The van der Waals surface area contributed by atoms with Crippen molar-refractivity contribution in [3.8, 4) is 5.75 Å². The Hall–Kier alpha value is -2.93. The van der Waals surface area contributed by atoms with Crippen LogP contribution in [0.3, 0.4) is 0 Å². The number of likely N-dealkylation sites (tertiary alicyclic amines) is 1. The van der Waals surface area contributed by atoms with Gasteiger partial charge in [-0.05, 0) is 63.2 Å². The highest BCUT2D eigenvalue weighted by Crippen LogP contribution is 2.36. The molecule has 0 spiro atoms. The molecule has 0 bridgehead atoms. The van der Waals surface area contributed by atoms with Crippen LogP contribution >= 0.6 is 0 Å². The molecule has 2 aromatic rings. The second-order valence-electron chi connectivity index (χ2n) is 7.77. The third kappa shape index (κ3) is 4.31. The van der Waals surface area contributed by atoms with E-state index in [2.05, 4.69) is 10.2 Å². The van der Waals surface area contributed by atoms with Gasteiger partial charge in [0.25, 0.3) is 11.8 Å². The number of amides is 2. The first-order valence-corrected chi connectivity index (χ1v) is 10.4. The summed E-state index contributed by atoms with van der Waals surface area (Å²) in [6.07, 6.45) is 3.09. The van der Waals surface area contributed by atoms with Crippen molar-refractivity contribution in [2.75, 3.05) is 36.4 Å². The fourth-order valence-corrected chi connectivity index (χ4v) is 3.98. The molecule has 30 heavy (non-hydrogen) atoms. The molecule has 7 heteroatoms. The average molecular weight is 411 g/mol. The van der Waals surface area contributed by atoms with Crippen LogP contribution in [0.4, 0.5) is 15.8 Å². The molecule has 0 aromatic heterocycles. The Kier molecular flexibility index (Phi) is 5.99. The molecule has 0 radical (unpaired) electrons.